The molecule has 5 nitrogen and oxygen atoms in total. The van der Waals surface area contributed by atoms with Gasteiger partial charge in [-0.1, -0.05) is 18.2 Å². The lowest BCUT2D eigenvalue weighted by Crippen LogP contribution is -2.30. The lowest BCUT2D eigenvalue weighted by molar-refractivity contribution is -0.123. The highest BCUT2D eigenvalue weighted by atomic mass is 19.1. The maximum absolute atomic E-state index is 13.4. The van der Waals surface area contributed by atoms with Crippen LogP contribution in [-0.4, -0.2) is 18.4 Å². The molecule has 2 aromatic rings. The van der Waals surface area contributed by atoms with E-state index in [0.29, 0.717) is 18.0 Å². The van der Waals surface area contributed by atoms with E-state index in [9.17, 15) is 14.0 Å². The van der Waals surface area contributed by atoms with Gasteiger partial charge in [0.05, 0.1) is 18.2 Å². The largest absolute Gasteiger partial charge is 0.492 e. The van der Waals surface area contributed by atoms with Crippen LogP contribution in [0.3, 0.4) is 0 Å². The number of hydrogen-bond acceptors (Lipinski definition) is 3. The number of carbonyl (C=O) groups excluding carboxylic acids is 2. The van der Waals surface area contributed by atoms with Crippen molar-refractivity contribution in [1.82, 2.24) is 0 Å². The van der Waals surface area contributed by atoms with Gasteiger partial charge in [0, 0.05) is 18.2 Å². The number of para-hydroxylation sites is 1. The normalized spacial score (nSPS) is 16.1. The fourth-order valence-electron chi connectivity index (χ4n) is 2.74. The minimum Gasteiger partial charge on any atom is -0.492 e. The monoisotopic (exact) mass is 328 g/mol. The standard InChI is InChI=1S/C18H17FN2O3/c1-2-24-16-9-11(19)7-8-15(16)21-18(23)13-10-17(22)20-14-6-4-3-5-12(13)14/h3-9,13H,2,10H2,1H3,(H,20,22)(H,21,23). The van der Waals surface area contributed by atoms with Gasteiger partial charge in [-0.25, -0.2) is 4.39 Å². The molecule has 1 heterocycles. The molecule has 0 spiro atoms. The lowest BCUT2D eigenvalue weighted by atomic mass is 9.90. The highest BCUT2D eigenvalue weighted by molar-refractivity contribution is 6.05. The minimum absolute atomic E-state index is 0.0635. The van der Waals surface area contributed by atoms with E-state index in [2.05, 4.69) is 10.6 Å². The van der Waals surface area contributed by atoms with Gasteiger partial charge >= 0.3 is 0 Å². The van der Waals surface area contributed by atoms with Gasteiger partial charge in [0.2, 0.25) is 11.8 Å². The molecule has 2 N–H and O–H groups in total. The van der Waals surface area contributed by atoms with Gasteiger partial charge in [0.15, 0.2) is 0 Å². The van der Waals surface area contributed by atoms with Crippen molar-refractivity contribution in [3.63, 3.8) is 0 Å². The van der Waals surface area contributed by atoms with E-state index in [4.69, 9.17) is 4.74 Å². The van der Waals surface area contributed by atoms with E-state index in [-0.39, 0.29) is 24.0 Å². The van der Waals surface area contributed by atoms with Crippen molar-refractivity contribution in [1.29, 1.82) is 0 Å². The zero-order chi connectivity index (χ0) is 17.1. The molecule has 0 aromatic heterocycles. The van der Waals surface area contributed by atoms with Crippen molar-refractivity contribution in [2.75, 3.05) is 17.2 Å². The van der Waals surface area contributed by atoms with Crippen LogP contribution in [0.5, 0.6) is 5.75 Å². The van der Waals surface area contributed by atoms with Crippen molar-refractivity contribution in [2.24, 2.45) is 0 Å². The number of fused-ring (bicyclic) bond motifs is 1. The second-order valence-corrected chi connectivity index (χ2v) is 5.45. The first-order valence-corrected chi connectivity index (χ1v) is 7.70. The van der Waals surface area contributed by atoms with Crippen LogP contribution in [0.2, 0.25) is 0 Å². The summed E-state index contributed by atoms with van der Waals surface area (Å²) in [7, 11) is 0. The van der Waals surface area contributed by atoms with Crippen molar-refractivity contribution in [2.45, 2.75) is 19.3 Å². The Labute approximate surface area is 138 Å². The number of halogens is 1. The highest BCUT2D eigenvalue weighted by Gasteiger charge is 2.30. The van der Waals surface area contributed by atoms with Gasteiger partial charge in [-0.05, 0) is 30.7 Å². The first-order chi connectivity index (χ1) is 11.6. The van der Waals surface area contributed by atoms with Gasteiger partial charge in [0.25, 0.3) is 0 Å². The van der Waals surface area contributed by atoms with Crippen LogP contribution in [0.1, 0.15) is 24.8 Å². The number of hydrogen-bond donors (Lipinski definition) is 2. The number of rotatable bonds is 4. The lowest BCUT2D eigenvalue weighted by Gasteiger charge is -2.25. The fourth-order valence-corrected chi connectivity index (χ4v) is 2.74. The number of benzene rings is 2. The van der Waals surface area contributed by atoms with Gasteiger partial charge in [0.1, 0.15) is 11.6 Å². The summed E-state index contributed by atoms with van der Waals surface area (Å²) >= 11 is 0. The SMILES string of the molecule is CCOc1cc(F)ccc1NC(=O)C1CC(=O)Nc2ccccc21. The van der Waals surface area contributed by atoms with Crippen LogP contribution in [0.4, 0.5) is 15.8 Å². The van der Waals surface area contributed by atoms with Crippen LogP contribution in [0.15, 0.2) is 42.5 Å². The molecule has 2 amide bonds. The molecular formula is C18H17FN2O3. The first kappa shape index (κ1) is 16.0. The molecule has 0 bridgehead atoms. The van der Waals surface area contributed by atoms with E-state index >= 15 is 0 Å². The Bertz CT molecular complexity index is 792. The average Bonchev–Trinajstić information content (AvgIpc) is 2.56. The molecule has 2 aromatic carbocycles. The predicted molar refractivity (Wildman–Crippen MR) is 88.6 cm³/mol. The third-order valence-electron chi connectivity index (χ3n) is 3.82. The third-order valence-corrected chi connectivity index (χ3v) is 3.82. The molecule has 1 atom stereocenters. The molecule has 1 aliphatic rings. The zero-order valence-corrected chi connectivity index (χ0v) is 13.1. The topological polar surface area (TPSA) is 67.4 Å². The molecule has 0 radical (unpaired) electrons. The molecule has 124 valence electrons. The summed E-state index contributed by atoms with van der Waals surface area (Å²) in [6.07, 6.45) is 0.0635. The van der Waals surface area contributed by atoms with E-state index in [1.807, 2.05) is 12.1 Å². The second kappa shape index (κ2) is 6.70. The molecule has 24 heavy (non-hydrogen) atoms. The van der Waals surface area contributed by atoms with E-state index in [1.54, 1.807) is 19.1 Å². The summed E-state index contributed by atoms with van der Waals surface area (Å²) in [5, 5.41) is 5.50. The van der Waals surface area contributed by atoms with Gasteiger partial charge < -0.3 is 15.4 Å². The summed E-state index contributed by atoms with van der Waals surface area (Å²) in [6.45, 7) is 2.12. The number of ether oxygens (including phenoxy) is 1. The minimum atomic E-state index is -0.602. The third kappa shape index (κ3) is 3.22. The second-order valence-electron chi connectivity index (χ2n) is 5.45. The van der Waals surface area contributed by atoms with Crippen LogP contribution < -0.4 is 15.4 Å². The molecule has 0 fully saturated rings. The molecular weight excluding hydrogens is 311 g/mol. The van der Waals surface area contributed by atoms with Gasteiger partial charge in [-0.15, -0.1) is 0 Å². The molecule has 6 heteroatoms. The van der Waals surface area contributed by atoms with Crippen molar-refractivity contribution < 1.29 is 18.7 Å². The summed E-state index contributed by atoms with van der Waals surface area (Å²) in [5.41, 5.74) is 1.78. The number of carbonyl (C=O) groups is 2. The number of nitrogens with one attached hydrogen (secondary N) is 2. The molecule has 0 saturated heterocycles. The predicted octanol–water partition coefficient (Wildman–Crippen LogP) is 3.29. The van der Waals surface area contributed by atoms with Gasteiger partial charge in [-0.3, -0.25) is 9.59 Å². The average molecular weight is 328 g/mol. The van der Waals surface area contributed by atoms with Crippen LogP contribution in [-0.2, 0) is 9.59 Å². The Morgan fingerprint density at radius 2 is 2.12 bits per heavy atom. The van der Waals surface area contributed by atoms with Crippen molar-refractivity contribution in [3.8, 4) is 5.75 Å². The Kier molecular flexibility index (Phi) is 4.46. The number of amides is 2. The Hall–Kier alpha value is -2.89. The summed E-state index contributed by atoms with van der Waals surface area (Å²) in [5.74, 6) is -1.32. The maximum Gasteiger partial charge on any atom is 0.232 e. The summed E-state index contributed by atoms with van der Waals surface area (Å²) in [4.78, 5) is 24.5. The number of anilines is 2. The Morgan fingerprint density at radius 3 is 2.92 bits per heavy atom. The molecule has 0 saturated carbocycles. The molecule has 0 aliphatic carbocycles. The maximum atomic E-state index is 13.4. The first-order valence-electron chi connectivity index (χ1n) is 7.70. The fraction of sp³-hybridized carbons (Fsp3) is 0.222. The van der Waals surface area contributed by atoms with Crippen LogP contribution in [0.25, 0.3) is 0 Å². The van der Waals surface area contributed by atoms with Gasteiger partial charge in [-0.2, -0.15) is 0 Å². The van der Waals surface area contributed by atoms with Crippen molar-refractivity contribution in [3.05, 3.63) is 53.8 Å². The Morgan fingerprint density at radius 1 is 1.33 bits per heavy atom. The van der Waals surface area contributed by atoms with Crippen LogP contribution >= 0.6 is 0 Å². The Balaban J connectivity index is 1.87. The molecule has 1 unspecified atom stereocenters. The zero-order valence-electron chi connectivity index (χ0n) is 13.1. The van der Waals surface area contributed by atoms with Crippen LogP contribution in [0, 0.1) is 5.82 Å². The molecule has 1 aliphatic heterocycles. The smallest absolute Gasteiger partial charge is 0.232 e. The summed E-state index contributed by atoms with van der Waals surface area (Å²) in [6, 6.07) is 11.1. The van der Waals surface area contributed by atoms with E-state index in [0.717, 1.165) is 5.56 Å². The summed E-state index contributed by atoms with van der Waals surface area (Å²) < 4.78 is 18.7. The van der Waals surface area contributed by atoms with E-state index < -0.39 is 11.7 Å². The molecule has 3 rings (SSSR count). The quantitative estimate of drug-likeness (QED) is 0.905. The van der Waals surface area contributed by atoms with Crippen molar-refractivity contribution >= 4 is 23.2 Å². The van der Waals surface area contributed by atoms with E-state index in [1.165, 1.54) is 18.2 Å². The highest BCUT2D eigenvalue weighted by Crippen LogP contribution is 2.34.